The molecule has 1 heterocycles. The van der Waals surface area contributed by atoms with Crippen molar-refractivity contribution < 1.29 is 4.74 Å². The van der Waals surface area contributed by atoms with E-state index in [1.165, 1.54) is 0 Å². The van der Waals surface area contributed by atoms with Gasteiger partial charge in [-0.05, 0) is 42.5 Å². The van der Waals surface area contributed by atoms with Gasteiger partial charge in [0.1, 0.15) is 0 Å². The minimum Gasteiger partial charge on any atom is -0.399 e. The van der Waals surface area contributed by atoms with Gasteiger partial charge in [-0.1, -0.05) is 15.9 Å². The smallest absolute Gasteiger partial charge is 0.183 e. The first-order chi connectivity index (χ1) is 9.13. The molecule has 0 amide bonds. The fourth-order valence-corrected chi connectivity index (χ4v) is 2.17. The number of nitrogens with zero attached hydrogens (tertiary/aromatic N) is 4. The van der Waals surface area contributed by atoms with Gasteiger partial charge in [0.15, 0.2) is 5.82 Å². The number of nitrogen functional groups attached to an aromatic ring is 1. The lowest BCUT2D eigenvalue weighted by Crippen LogP contribution is -2.15. The second kappa shape index (κ2) is 6.12. The van der Waals surface area contributed by atoms with Crippen molar-refractivity contribution in [1.29, 1.82) is 0 Å². The lowest BCUT2D eigenvalue weighted by Gasteiger charge is -2.14. The number of tetrazole rings is 1. The summed E-state index contributed by atoms with van der Waals surface area (Å²) in [4.78, 5) is 0. The van der Waals surface area contributed by atoms with E-state index < -0.39 is 0 Å². The average Bonchev–Trinajstić information content (AvgIpc) is 2.88. The molecule has 1 atom stereocenters. The third kappa shape index (κ3) is 3.10. The van der Waals surface area contributed by atoms with Gasteiger partial charge in [0.05, 0.1) is 12.6 Å². The van der Waals surface area contributed by atoms with Crippen molar-refractivity contribution in [3.05, 3.63) is 22.7 Å². The Balaban J connectivity index is 2.35. The number of rotatable bonds is 5. The van der Waals surface area contributed by atoms with Crippen LogP contribution in [0.1, 0.15) is 19.9 Å². The molecule has 6 nitrogen and oxygen atoms in total. The van der Waals surface area contributed by atoms with Crippen molar-refractivity contribution in [3.63, 3.8) is 0 Å². The van der Waals surface area contributed by atoms with E-state index in [1.807, 2.05) is 32.0 Å². The molecule has 0 aliphatic heterocycles. The number of nitrogens with two attached hydrogens (primary N) is 1. The summed E-state index contributed by atoms with van der Waals surface area (Å²) in [6.45, 7) is 5.20. The van der Waals surface area contributed by atoms with Crippen LogP contribution in [-0.4, -0.2) is 33.4 Å². The lowest BCUT2D eigenvalue weighted by atomic mass is 10.2. The van der Waals surface area contributed by atoms with Crippen LogP contribution in [0.4, 0.5) is 5.69 Å². The number of hydrogen-bond donors (Lipinski definition) is 1. The first-order valence-electron chi connectivity index (χ1n) is 6.04. The zero-order valence-corrected chi connectivity index (χ0v) is 12.5. The number of hydrogen-bond acceptors (Lipinski definition) is 5. The number of anilines is 1. The molecule has 1 aromatic heterocycles. The molecular formula is C12H16BrN5O. The SMILES string of the molecule is CCOCC(C)n1nnnc1-c1cc(N)ccc1Br. The van der Waals surface area contributed by atoms with Gasteiger partial charge in [-0.3, -0.25) is 0 Å². The predicted molar refractivity (Wildman–Crippen MR) is 76.6 cm³/mol. The van der Waals surface area contributed by atoms with E-state index in [-0.39, 0.29) is 6.04 Å². The molecule has 2 rings (SSSR count). The molecule has 0 aliphatic carbocycles. The Kier molecular flexibility index (Phi) is 4.49. The first-order valence-corrected chi connectivity index (χ1v) is 6.83. The van der Waals surface area contributed by atoms with Gasteiger partial charge in [0.2, 0.25) is 0 Å². The van der Waals surface area contributed by atoms with E-state index in [1.54, 1.807) is 4.68 Å². The van der Waals surface area contributed by atoms with Gasteiger partial charge >= 0.3 is 0 Å². The van der Waals surface area contributed by atoms with Crippen LogP contribution in [0, 0.1) is 0 Å². The molecule has 0 spiro atoms. The third-order valence-electron chi connectivity index (χ3n) is 2.70. The Bertz CT molecular complexity index is 557. The quantitative estimate of drug-likeness (QED) is 0.853. The van der Waals surface area contributed by atoms with E-state index in [2.05, 4.69) is 31.5 Å². The summed E-state index contributed by atoms with van der Waals surface area (Å²) in [6, 6.07) is 5.61. The second-order valence-electron chi connectivity index (χ2n) is 4.19. The number of benzene rings is 1. The standard InChI is InChI=1S/C12H16BrN5O/c1-3-19-7-8(2)18-12(15-16-17-18)10-6-9(14)4-5-11(10)13/h4-6,8H,3,7,14H2,1-2H3. The Labute approximate surface area is 120 Å². The summed E-state index contributed by atoms with van der Waals surface area (Å²) in [6.07, 6.45) is 0. The number of aromatic nitrogens is 4. The summed E-state index contributed by atoms with van der Waals surface area (Å²) in [5.74, 6) is 0.673. The van der Waals surface area contributed by atoms with E-state index in [4.69, 9.17) is 10.5 Å². The Morgan fingerprint density at radius 3 is 3.00 bits per heavy atom. The molecule has 7 heteroatoms. The average molecular weight is 326 g/mol. The van der Waals surface area contributed by atoms with Crippen LogP contribution in [0.3, 0.4) is 0 Å². The maximum absolute atomic E-state index is 5.82. The third-order valence-corrected chi connectivity index (χ3v) is 3.40. The maximum atomic E-state index is 5.82. The van der Waals surface area contributed by atoms with Crippen LogP contribution < -0.4 is 5.73 Å². The molecule has 0 fully saturated rings. The van der Waals surface area contributed by atoms with Crippen molar-refractivity contribution in [1.82, 2.24) is 20.2 Å². The topological polar surface area (TPSA) is 78.8 Å². The predicted octanol–water partition coefficient (Wildman–Crippen LogP) is 2.28. The fourth-order valence-electron chi connectivity index (χ4n) is 1.74. The second-order valence-corrected chi connectivity index (χ2v) is 5.05. The molecule has 102 valence electrons. The van der Waals surface area contributed by atoms with Crippen molar-refractivity contribution in [3.8, 4) is 11.4 Å². The van der Waals surface area contributed by atoms with Crippen molar-refractivity contribution in [2.24, 2.45) is 0 Å². The molecular weight excluding hydrogens is 310 g/mol. The zero-order valence-electron chi connectivity index (χ0n) is 10.9. The zero-order chi connectivity index (χ0) is 13.8. The van der Waals surface area contributed by atoms with Crippen LogP contribution in [0.5, 0.6) is 0 Å². The summed E-state index contributed by atoms with van der Waals surface area (Å²) in [5.41, 5.74) is 7.36. The molecule has 0 saturated heterocycles. The first kappa shape index (κ1) is 14.0. The van der Waals surface area contributed by atoms with Gasteiger partial charge in [0.25, 0.3) is 0 Å². The van der Waals surface area contributed by atoms with Gasteiger partial charge in [-0.2, -0.15) is 0 Å². The van der Waals surface area contributed by atoms with Crippen LogP contribution >= 0.6 is 15.9 Å². The van der Waals surface area contributed by atoms with Crippen LogP contribution in [0.15, 0.2) is 22.7 Å². The lowest BCUT2D eigenvalue weighted by molar-refractivity contribution is 0.115. The monoisotopic (exact) mass is 325 g/mol. The summed E-state index contributed by atoms with van der Waals surface area (Å²) < 4.78 is 8.06. The molecule has 2 N–H and O–H groups in total. The van der Waals surface area contributed by atoms with Gasteiger partial charge in [-0.25, -0.2) is 4.68 Å². The Morgan fingerprint density at radius 1 is 1.47 bits per heavy atom. The molecule has 0 aliphatic rings. The van der Waals surface area contributed by atoms with Crippen LogP contribution in [0.25, 0.3) is 11.4 Å². The molecule has 0 radical (unpaired) electrons. The normalized spacial score (nSPS) is 12.6. The Hall–Kier alpha value is -1.47. The van der Waals surface area contributed by atoms with Crippen molar-refractivity contribution in [2.45, 2.75) is 19.9 Å². The molecule has 0 saturated carbocycles. The molecule has 2 aromatic rings. The van der Waals surface area contributed by atoms with Gasteiger partial charge < -0.3 is 10.5 Å². The highest BCUT2D eigenvalue weighted by atomic mass is 79.9. The fraction of sp³-hybridized carbons (Fsp3) is 0.417. The largest absolute Gasteiger partial charge is 0.399 e. The van der Waals surface area contributed by atoms with Gasteiger partial charge in [0, 0.05) is 22.3 Å². The Morgan fingerprint density at radius 2 is 2.26 bits per heavy atom. The van der Waals surface area contributed by atoms with E-state index >= 15 is 0 Å². The summed E-state index contributed by atoms with van der Waals surface area (Å²) >= 11 is 3.49. The van der Waals surface area contributed by atoms with Crippen LogP contribution in [-0.2, 0) is 4.74 Å². The van der Waals surface area contributed by atoms with Crippen molar-refractivity contribution >= 4 is 21.6 Å². The molecule has 1 unspecified atom stereocenters. The van der Waals surface area contributed by atoms with Crippen LogP contribution in [0.2, 0.25) is 0 Å². The number of halogens is 1. The maximum Gasteiger partial charge on any atom is 0.183 e. The summed E-state index contributed by atoms with van der Waals surface area (Å²) in [5, 5.41) is 11.9. The minimum absolute atomic E-state index is 0.0540. The minimum atomic E-state index is 0.0540. The molecule has 1 aromatic carbocycles. The highest BCUT2D eigenvalue weighted by molar-refractivity contribution is 9.10. The van der Waals surface area contributed by atoms with Gasteiger partial charge in [-0.15, -0.1) is 5.10 Å². The molecule has 19 heavy (non-hydrogen) atoms. The summed E-state index contributed by atoms with van der Waals surface area (Å²) in [7, 11) is 0. The van der Waals surface area contributed by atoms with E-state index in [9.17, 15) is 0 Å². The highest BCUT2D eigenvalue weighted by Gasteiger charge is 2.17. The van der Waals surface area contributed by atoms with Crippen molar-refractivity contribution in [2.75, 3.05) is 18.9 Å². The number of ether oxygens (including phenoxy) is 1. The molecule has 0 bridgehead atoms. The highest BCUT2D eigenvalue weighted by Crippen LogP contribution is 2.29. The van der Waals surface area contributed by atoms with E-state index in [0.717, 1.165) is 10.0 Å². The van der Waals surface area contributed by atoms with E-state index in [0.29, 0.717) is 24.7 Å².